The molecule has 1 aromatic rings. The number of carbonyl (C=O) groups is 1. The molecule has 1 aliphatic rings. The Labute approximate surface area is 129 Å². The molecule has 21 heavy (non-hydrogen) atoms. The molecule has 1 aromatic heterocycles. The van der Waals surface area contributed by atoms with Gasteiger partial charge in [-0.2, -0.15) is 0 Å². The summed E-state index contributed by atoms with van der Waals surface area (Å²) in [5.74, 6) is 1.18. The molecule has 6 heteroatoms. The summed E-state index contributed by atoms with van der Waals surface area (Å²) in [7, 11) is 0. The van der Waals surface area contributed by atoms with Gasteiger partial charge in [-0.15, -0.1) is 0 Å². The SMILES string of the molecule is CCCc1cc(=O)n2c(n1)SCC2CC(=O)NCC(C)C. The zero-order chi connectivity index (χ0) is 15.4. The Morgan fingerprint density at radius 1 is 1.57 bits per heavy atom. The molecule has 2 heterocycles. The van der Waals surface area contributed by atoms with Gasteiger partial charge in [0.1, 0.15) is 0 Å². The van der Waals surface area contributed by atoms with Crippen molar-refractivity contribution in [3.63, 3.8) is 0 Å². The number of nitrogens with zero attached hydrogens (tertiary/aromatic N) is 2. The number of nitrogens with one attached hydrogen (secondary N) is 1. The van der Waals surface area contributed by atoms with E-state index in [0.717, 1.165) is 29.4 Å². The van der Waals surface area contributed by atoms with Crippen LogP contribution in [0.4, 0.5) is 0 Å². The van der Waals surface area contributed by atoms with Crippen molar-refractivity contribution in [2.24, 2.45) is 5.92 Å². The molecule has 5 nitrogen and oxygen atoms in total. The minimum atomic E-state index is -0.0761. The van der Waals surface area contributed by atoms with Crippen LogP contribution >= 0.6 is 11.8 Å². The highest BCUT2D eigenvalue weighted by Gasteiger charge is 2.27. The lowest BCUT2D eigenvalue weighted by Crippen LogP contribution is -2.32. The van der Waals surface area contributed by atoms with E-state index in [9.17, 15) is 9.59 Å². The zero-order valence-electron chi connectivity index (χ0n) is 12.9. The first kappa shape index (κ1) is 16.1. The number of amides is 1. The van der Waals surface area contributed by atoms with Gasteiger partial charge in [-0.1, -0.05) is 39.0 Å². The summed E-state index contributed by atoms with van der Waals surface area (Å²) in [6.07, 6.45) is 2.15. The van der Waals surface area contributed by atoms with Crippen LogP contribution in [0.25, 0.3) is 0 Å². The largest absolute Gasteiger partial charge is 0.356 e. The van der Waals surface area contributed by atoms with Gasteiger partial charge in [0.15, 0.2) is 5.16 Å². The van der Waals surface area contributed by atoms with Gasteiger partial charge in [0.2, 0.25) is 5.91 Å². The second kappa shape index (κ2) is 7.11. The summed E-state index contributed by atoms with van der Waals surface area (Å²) in [6, 6.07) is 1.53. The van der Waals surface area contributed by atoms with Crippen molar-refractivity contribution in [1.82, 2.24) is 14.9 Å². The molecule has 0 fully saturated rings. The zero-order valence-corrected chi connectivity index (χ0v) is 13.7. The summed E-state index contributed by atoms with van der Waals surface area (Å²) in [4.78, 5) is 28.7. The summed E-state index contributed by atoms with van der Waals surface area (Å²) < 4.78 is 1.68. The van der Waals surface area contributed by atoms with Crippen molar-refractivity contribution in [3.8, 4) is 0 Å². The van der Waals surface area contributed by atoms with Gasteiger partial charge in [0.25, 0.3) is 5.56 Å². The molecule has 0 aliphatic carbocycles. The summed E-state index contributed by atoms with van der Waals surface area (Å²) in [5.41, 5.74) is 0.821. The van der Waals surface area contributed by atoms with Gasteiger partial charge >= 0.3 is 0 Å². The third-order valence-corrected chi connectivity index (χ3v) is 4.48. The molecular weight excluding hydrogens is 286 g/mol. The number of hydrogen-bond acceptors (Lipinski definition) is 4. The lowest BCUT2D eigenvalue weighted by atomic mass is 10.2. The van der Waals surface area contributed by atoms with Crippen molar-refractivity contribution in [2.45, 2.75) is 51.2 Å². The van der Waals surface area contributed by atoms with E-state index in [1.54, 1.807) is 22.4 Å². The van der Waals surface area contributed by atoms with E-state index in [2.05, 4.69) is 31.1 Å². The van der Waals surface area contributed by atoms with E-state index in [4.69, 9.17) is 0 Å². The van der Waals surface area contributed by atoms with E-state index in [0.29, 0.717) is 18.9 Å². The van der Waals surface area contributed by atoms with E-state index in [1.807, 2.05) is 0 Å². The third-order valence-electron chi connectivity index (χ3n) is 3.38. The Balaban J connectivity index is 2.08. The average Bonchev–Trinajstić information content (AvgIpc) is 2.80. The molecule has 2 rings (SSSR count). The Morgan fingerprint density at radius 2 is 2.33 bits per heavy atom. The van der Waals surface area contributed by atoms with E-state index in [-0.39, 0.29) is 17.5 Å². The van der Waals surface area contributed by atoms with Crippen LogP contribution < -0.4 is 10.9 Å². The van der Waals surface area contributed by atoms with E-state index < -0.39 is 0 Å². The number of rotatable bonds is 6. The van der Waals surface area contributed by atoms with E-state index >= 15 is 0 Å². The smallest absolute Gasteiger partial charge is 0.254 e. The fourth-order valence-electron chi connectivity index (χ4n) is 2.34. The minimum absolute atomic E-state index is 0.00619. The average molecular weight is 309 g/mol. The van der Waals surface area contributed by atoms with Gasteiger partial charge in [-0.05, 0) is 12.3 Å². The molecule has 0 saturated carbocycles. The summed E-state index contributed by atoms with van der Waals surface area (Å²) >= 11 is 1.57. The van der Waals surface area contributed by atoms with Gasteiger partial charge < -0.3 is 5.32 Å². The second-order valence-electron chi connectivity index (χ2n) is 5.86. The number of fused-ring (bicyclic) bond motifs is 1. The van der Waals surface area contributed by atoms with Crippen LogP contribution in [0.5, 0.6) is 0 Å². The normalized spacial score (nSPS) is 17.0. The van der Waals surface area contributed by atoms with E-state index in [1.165, 1.54) is 0 Å². The highest BCUT2D eigenvalue weighted by molar-refractivity contribution is 7.99. The Bertz CT molecular complexity index is 569. The van der Waals surface area contributed by atoms with Crippen molar-refractivity contribution >= 4 is 17.7 Å². The fourth-order valence-corrected chi connectivity index (χ4v) is 3.51. The lowest BCUT2D eigenvalue weighted by molar-refractivity contribution is -0.121. The van der Waals surface area contributed by atoms with Crippen LogP contribution in [0, 0.1) is 5.92 Å². The van der Waals surface area contributed by atoms with Gasteiger partial charge in [0, 0.05) is 30.5 Å². The van der Waals surface area contributed by atoms with Crippen LogP contribution in [-0.4, -0.2) is 27.8 Å². The molecular formula is C15H23N3O2S. The highest BCUT2D eigenvalue weighted by Crippen LogP contribution is 2.32. The van der Waals surface area contributed by atoms with Crippen LogP contribution in [-0.2, 0) is 11.2 Å². The van der Waals surface area contributed by atoms with Crippen LogP contribution in [0.1, 0.15) is 45.3 Å². The number of aryl methyl sites for hydroxylation is 1. The van der Waals surface area contributed by atoms with Crippen LogP contribution in [0.2, 0.25) is 0 Å². The maximum atomic E-state index is 12.2. The maximum Gasteiger partial charge on any atom is 0.254 e. The quantitative estimate of drug-likeness (QED) is 0.816. The molecule has 0 bridgehead atoms. The molecule has 1 aliphatic heterocycles. The number of aromatic nitrogens is 2. The highest BCUT2D eigenvalue weighted by atomic mass is 32.2. The van der Waals surface area contributed by atoms with Gasteiger partial charge in [-0.25, -0.2) is 4.98 Å². The molecule has 0 aromatic carbocycles. The van der Waals surface area contributed by atoms with Crippen molar-refractivity contribution < 1.29 is 4.79 Å². The molecule has 0 spiro atoms. The molecule has 1 amide bonds. The number of carbonyl (C=O) groups excluding carboxylic acids is 1. The van der Waals surface area contributed by atoms with Crippen LogP contribution in [0.15, 0.2) is 16.0 Å². The summed E-state index contributed by atoms with van der Waals surface area (Å²) in [6.45, 7) is 6.87. The number of hydrogen-bond donors (Lipinski definition) is 1. The first-order chi connectivity index (χ1) is 10.0. The first-order valence-corrected chi connectivity index (χ1v) is 8.51. The van der Waals surface area contributed by atoms with Crippen molar-refractivity contribution in [2.75, 3.05) is 12.3 Å². The second-order valence-corrected chi connectivity index (χ2v) is 6.84. The lowest BCUT2D eigenvalue weighted by Gasteiger charge is -2.14. The Hall–Kier alpha value is -1.30. The molecule has 116 valence electrons. The molecule has 1 N–H and O–H groups in total. The van der Waals surface area contributed by atoms with Crippen molar-refractivity contribution in [1.29, 1.82) is 0 Å². The monoisotopic (exact) mass is 309 g/mol. The predicted molar refractivity (Wildman–Crippen MR) is 84.7 cm³/mol. The van der Waals surface area contributed by atoms with Crippen molar-refractivity contribution in [3.05, 3.63) is 22.1 Å². The van der Waals surface area contributed by atoms with Gasteiger partial charge in [-0.3, -0.25) is 14.2 Å². The first-order valence-electron chi connectivity index (χ1n) is 7.53. The topological polar surface area (TPSA) is 64.0 Å². The van der Waals surface area contributed by atoms with Crippen LogP contribution in [0.3, 0.4) is 0 Å². The maximum absolute atomic E-state index is 12.2. The molecule has 0 radical (unpaired) electrons. The fraction of sp³-hybridized carbons (Fsp3) is 0.667. The molecule has 1 atom stereocenters. The standard InChI is InChI=1S/C15H23N3O2S/c1-4-5-11-6-14(20)18-12(9-21-15(18)17-11)7-13(19)16-8-10(2)3/h6,10,12H,4-5,7-9H2,1-3H3,(H,16,19). The molecule has 0 saturated heterocycles. The number of thioether (sulfide) groups is 1. The third kappa shape index (κ3) is 4.09. The predicted octanol–water partition coefficient (Wildman–Crippen LogP) is 2.00. The summed E-state index contributed by atoms with van der Waals surface area (Å²) in [5, 5.41) is 3.66. The Morgan fingerprint density at radius 3 is 3.00 bits per heavy atom. The Kier molecular flexibility index (Phi) is 5.45. The van der Waals surface area contributed by atoms with Gasteiger partial charge in [0.05, 0.1) is 6.04 Å². The minimum Gasteiger partial charge on any atom is -0.356 e. The molecule has 1 unspecified atom stereocenters.